The van der Waals surface area contributed by atoms with Gasteiger partial charge in [0.1, 0.15) is 6.54 Å². The van der Waals surface area contributed by atoms with E-state index in [2.05, 4.69) is 72.3 Å². The minimum Gasteiger partial charge on any atom is -0.493 e. The molecule has 1 saturated carbocycles. The van der Waals surface area contributed by atoms with Gasteiger partial charge in [-0.05, 0) is 59.7 Å². The Hall–Kier alpha value is -3.73. The molecule has 0 N–H and O–H groups in total. The third-order valence-electron chi connectivity index (χ3n) is 8.02. The topological polar surface area (TPSA) is 40.8 Å². The number of methoxy groups -OCH3 is 4. The van der Waals surface area contributed by atoms with Gasteiger partial charge in [-0.15, -0.1) is 0 Å². The number of hydrogen-bond donors (Lipinski definition) is 0. The fourth-order valence-electron chi connectivity index (χ4n) is 5.99. The summed E-state index contributed by atoms with van der Waals surface area (Å²) >= 11 is 0. The van der Waals surface area contributed by atoms with Gasteiger partial charge >= 0.3 is 0 Å². The number of nitrogens with zero attached hydrogens (tertiary/aromatic N) is 1. The summed E-state index contributed by atoms with van der Waals surface area (Å²) in [5, 5.41) is 1.09. The third kappa shape index (κ3) is 5.40. The lowest BCUT2D eigenvalue weighted by Crippen LogP contribution is -2.34. The summed E-state index contributed by atoms with van der Waals surface area (Å²) in [6.07, 6.45) is 9.86. The summed E-state index contributed by atoms with van der Waals surface area (Å²) in [6.45, 7) is 3.08. The van der Waals surface area contributed by atoms with E-state index < -0.39 is 0 Å². The van der Waals surface area contributed by atoms with Crippen LogP contribution in [0.15, 0.2) is 60.8 Å². The van der Waals surface area contributed by atoms with Crippen LogP contribution >= 0.6 is 0 Å². The Kier molecular flexibility index (Phi) is 8.25. The first-order valence-electron chi connectivity index (χ1n) is 14.1. The number of ether oxygens (including phenoxy) is 4. The molecule has 1 aliphatic carbocycles. The average Bonchev–Trinajstić information content (AvgIpc) is 3.00. The van der Waals surface area contributed by atoms with Gasteiger partial charge in [-0.2, -0.15) is 4.57 Å². The van der Waals surface area contributed by atoms with Crippen LogP contribution in [0.25, 0.3) is 33.2 Å². The molecule has 5 rings (SSSR count). The van der Waals surface area contributed by atoms with Gasteiger partial charge in [0, 0.05) is 17.5 Å². The SMILES string of the molecule is CCC[n+]1cc(-c2cc(OC)c(OC)c(-c3ccc(C4CCCCC4)cc3)c2)cc2cc(OC)c(OC)cc21. The van der Waals surface area contributed by atoms with Gasteiger partial charge in [0.05, 0.1) is 39.9 Å². The molecule has 5 nitrogen and oxygen atoms in total. The zero-order valence-corrected chi connectivity index (χ0v) is 23.9. The third-order valence-corrected chi connectivity index (χ3v) is 8.02. The largest absolute Gasteiger partial charge is 0.493 e. The number of rotatable bonds is 9. The standard InChI is InChI=1S/C34H40NO4/c1-6-16-35-22-28(17-27-20-31(36-2)32(37-3)21-30(27)35)26-18-29(34(39-5)33(19-26)38-4)25-14-12-24(13-15-25)23-10-8-7-9-11-23/h12-15,17-23H,6-11,16H2,1-5H3/q+1. The molecule has 0 spiro atoms. The van der Waals surface area contributed by atoms with Crippen LogP contribution in [0, 0.1) is 0 Å². The summed E-state index contributed by atoms with van der Waals surface area (Å²) in [5.74, 6) is 3.60. The minimum absolute atomic E-state index is 0.679. The van der Waals surface area contributed by atoms with Crippen molar-refractivity contribution in [3.05, 3.63) is 66.4 Å². The second-order valence-electron chi connectivity index (χ2n) is 10.4. The molecule has 0 saturated heterocycles. The number of aryl methyl sites for hydroxylation is 1. The lowest BCUT2D eigenvalue weighted by Gasteiger charge is -2.22. The maximum Gasteiger partial charge on any atom is 0.216 e. The molecule has 1 aliphatic rings. The van der Waals surface area contributed by atoms with Crippen molar-refractivity contribution < 1.29 is 23.5 Å². The van der Waals surface area contributed by atoms with Crippen LogP contribution in [0.4, 0.5) is 0 Å². The first-order chi connectivity index (χ1) is 19.1. The summed E-state index contributed by atoms with van der Waals surface area (Å²) in [4.78, 5) is 0. The molecule has 0 bridgehead atoms. The van der Waals surface area contributed by atoms with E-state index in [1.165, 1.54) is 37.7 Å². The highest BCUT2D eigenvalue weighted by Gasteiger charge is 2.21. The first kappa shape index (κ1) is 26.9. The Bertz CT molecular complexity index is 1440. The lowest BCUT2D eigenvalue weighted by atomic mass is 9.83. The van der Waals surface area contributed by atoms with E-state index in [0.717, 1.165) is 69.1 Å². The Labute approximate surface area is 232 Å². The maximum atomic E-state index is 5.89. The van der Waals surface area contributed by atoms with Gasteiger partial charge in [-0.25, -0.2) is 0 Å². The highest BCUT2D eigenvalue weighted by atomic mass is 16.5. The molecular formula is C34H40NO4+. The van der Waals surface area contributed by atoms with Crippen molar-refractivity contribution >= 4 is 10.9 Å². The number of pyridine rings is 1. The second-order valence-corrected chi connectivity index (χ2v) is 10.4. The summed E-state index contributed by atoms with van der Waals surface area (Å²) in [6, 6.07) is 19.7. The number of hydrogen-bond acceptors (Lipinski definition) is 4. The van der Waals surface area contributed by atoms with Crippen molar-refractivity contribution in [1.82, 2.24) is 0 Å². The van der Waals surface area contributed by atoms with Crippen molar-refractivity contribution in [3.8, 4) is 45.3 Å². The van der Waals surface area contributed by atoms with Crippen LogP contribution in [0.5, 0.6) is 23.0 Å². The molecule has 0 aliphatic heterocycles. The molecule has 0 radical (unpaired) electrons. The fraction of sp³-hybridized carbons (Fsp3) is 0.382. The zero-order chi connectivity index (χ0) is 27.4. The summed E-state index contributed by atoms with van der Waals surface area (Å²) < 4.78 is 25.2. The molecule has 1 aromatic heterocycles. The van der Waals surface area contributed by atoms with Gasteiger partial charge in [0.2, 0.25) is 5.52 Å². The summed E-state index contributed by atoms with van der Waals surface area (Å²) in [5.41, 5.74) is 6.87. The molecule has 5 heteroatoms. The van der Waals surface area contributed by atoms with Gasteiger partial charge in [-0.3, -0.25) is 0 Å². The van der Waals surface area contributed by atoms with E-state index in [1.54, 1.807) is 28.4 Å². The van der Waals surface area contributed by atoms with Crippen molar-refractivity contribution in [2.24, 2.45) is 0 Å². The van der Waals surface area contributed by atoms with E-state index in [4.69, 9.17) is 18.9 Å². The molecule has 1 heterocycles. The number of benzene rings is 3. The van der Waals surface area contributed by atoms with E-state index in [-0.39, 0.29) is 0 Å². The van der Waals surface area contributed by atoms with Crippen molar-refractivity contribution in [3.63, 3.8) is 0 Å². The van der Waals surface area contributed by atoms with Crippen LogP contribution in [-0.2, 0) is 6.54 Å². The minimum atomic E-state index is 0.679. The first-order valence-corrected chi connectivity index (χ1v) is 14.1. The Morgan fingerprint density at radius 2 is 1.38 bits per heavy atom. The molecule has 3 aromatic carbocycles. The Balaban J connectivity index is 1.63. The van der Waals surface area contributed by atoms with E-state index in [0.29, 0.717) is 5.92 Å². The van der Waals surface area contributed by atoms with Gasteiger partial charge in [0.25, 0.3) is 0 Å². The Morgan fingerprint density at radius 3 is 2.03 bits per heavy atom. The zero-order valence-electron chi connectivity index (χ0n) is 23.9. The molecule has 39 heavy (non-hydrogen) atoms. The van der Waals surface area contributed by atoms with Crippen LogP contribution in [0.1, 0.15) is 56.9 Å². The predicted molar refractivity (Wildman–Crippen MR) is 157 cm³/mol. The fourth-order valence-corrected chi connectivity index (χ4v) is 5.99. The normalized spacial score (nSPS) is 13.9. The van der Waals surface area contributed by atoms with Gasteiger partial charge in [-0.1, -0.05) is 50.5 Å². The molecule has 0 atom stereocenters. The molecule has 0 unspecified atom stereocenters. The highest BCUT2D eigenvalue weighted by Crippen LogP contribution is 2.43. The smallest absolute Gasteiger partial charge is 0.216 e. The van der Waals surface area contributed by atoms with Crippen molar-refractivity contribution in [2.75, 3.05) is 28.4 Å². The van der Waals surface area contributed by atoms with Gasteiger partial charge in [0.15, 0.2) is 29.2 Å². The Morgan fingerprint density at radius 1 is 0.692 bits per heavy atom. The van der Waals surface area contributed by atoms with Crippen LogP contribution in [0.3, 0.4) is 0 Å². The molecule has 1 fully saturated rings. The van der Waals surface area contributed by atoms with Crippen LogP contribution < -0.4 is 23.5 Å². The van der Waals surface area contributed by atoms with E-state index in [1.807, 2.05) is 0 Å². The van der Waals surface area contributed by atoms with E-state index in [9.17, 15) is 0 Å². The van der Waals surface area contributed by atoms with Gasteiger partial charge < -0.3 is 18.9 Å². The molecule has 0 amide bonds. The second kappa shape index (κ2) is 12.0. The lowest BCUT2D eigenvalue weighted by molar-refractivity contribution is -0.670. The maximum absolute atomic E-state index is 5.89. The average molecular weight is 527 g/mol. The highest BCUT2D eigenvalue weighted by molar-refractivity contribution is 5.87. The summed E-state index contributed by atoms with van der Waals surface area (Å²) in [7, 11) is 6.76. The predicted octanol–water partition coefficient (Wildman–Crippen LogP) is 7.95. The van der Waals surface area contributed by atoms with Crippen molar-refractivity contribution in [2.45, 2.75) is 57.9 Å². The van der Waals surface area contributed by atoms with E-state index >= 15 is 0 Å². The monoisotopic (exact) mass is 526 g/mol. The van der Waals surface area contributed by atoms with Crippen molar-refractivity contribution in [1.29, 1.82) is 0 Å². The quantitative estimate of drug-likeness (QED) is 0.208. The molecular weight excluding hydrogens is 486 g/mol. The molecule has 4 aromatic rings. The number of aromatic nitrogens is 1. The van der Waals surface area contributed by atoms with Crippen LogP contribution in [-0.4, -0.2) is 28.4 Å². The number of fused-ring (bicyclic) bond motifs is 1. The molecule has 204 valence electrons. The van der Waals surface area contributed by atoms with Crippen LogP contribution in [0.2, 0.25) is 0 Å².